The van der Waals surface area contributed by atoms with E-state index in [2.05, 4.69) is 4.98 Å². The highest BCUT2D eigenvalue weighted by Gasteiger charge is 2.56. The van der Waals surface area contributed by atoms with Gasteiger partial charge in [0.2, 0.25) is 0 Å². The molecule has 1 aliphatic carbocycles. The first-order chi connectivity index (χ1) is 13.5. The number of halogens is 1. The molecule has 2 aromatic heterocycles. The van der Waals surface area contributed by atoms with Gasteiger partial charge in [-0.2, -0.15) is 0 Å². The molecule has 1 unspecified atom stereocenters. The largest absolute Gasteiger partial charge is 0.481 e. The molecule has 5 rings (SSSR count). The fourth-order valence-electron chi connectivity index (χ4n) is 4.76. The van der Waals surface area contributed by atoms with Crippen LogP contribution in [0.25, 0.3) is 10.9 Å². The Morgan fingerprint density at radius 3 is 2.75 bits per heavy atom. The molecule has 1 saturated carbocycles. The van der Waals surface area contributed by atoms with Gasteiger partial charge in [0, 0.05) is 28.2 Å². The van der Waals surface area contributed by atoms with Gasteiger partial charge in [-0.3, -0.25) is 9.59 Å². The number of aromatic amines is 1. The van der Waals surface area contributed by atoms with Crippen molar-refractivity contribution in [3.8, 4) is 0 Å². The first kappa shape index (κ1) is 17.4. The quantitative estimate of drug-likeness (QED) is 0.684. The molecular formula is C21H19ClN2O4. The summed E-state index contributed by atoms with van der Waals surface area (Å²) in [7, 11) is 0. The Hall–Kier alpha value is -2.73. The van der Waals surface area contributed by atoms with Crippen LogP contribution in [-0.4, -0.2) is 33.4 Å². The molecule has 1 amide bonds. The van der Waals surface area contributed by atoms with Crippen LogP contribution in [0.2, 0.25) is 5.02 Å². The Balaban J connectivity index is 1.70. The van der Waals surface area contributed by atoms with Gasteiger partial charge >= 0.3 is 5.97 Å². The second-order valence-electron chi connectivity index (χ2n) is 7.65. The number of aromatic nitrogens is 1. The van der Waals surface area contributed by atoms with Crippen LogP contribution in [-0.2, 0) is 11.2 Å². The lowest BCUT2D eigenvalue weighted by Gasteiger charge is -2.50. The van der Waals surface area contributed by atoms with Gasteiger partial charge < -0.3 is 19.4 Å². The Morgan fingerprint density at radius 1 is 1.29 bits per heavy atom. The molecule has 1 atom stereocenters. The number of carboxylic acids is 1. The standard InChI is InChI=1S/C21H19ClN2O4/c22-12-4-5-15-14(11-12)13-6-9-24(19(25)16-3-1-10-28-16)18(17(13)23-15)21(20(26)27)7-2-8-21/h1,3-5,10-11,18,23H,2,6-9H2,(H,26,27). The summed E-state index contributed by atoms with van der Waals surface area (Å²) >= 11 is 6.20. The molecule has 6 nitrogen and oxygen atoms in total. The number of hydrogen-bond acceptors (Lipinski definition) is 3. The first-order valence-electron chi connectivity index (χ1n) is 9.39. The summed E-state index contributed by atoms with van der Waals surface area (Å²) in [4.78, 5) is 30.6. The van der Waals surface area contributed by atoms with Gasteiger partial charge in [-0.25, -0.2) is 0 Å². The fraction of sp³-hybridized carbons (Fsp3) is 0.333. The lowest BCUT2D eigenvalue weighted by Crippen LogP contribution is -2.54. The van der Waals surface area contributed by atoms with E-state index in [9.17, 15) is 14.7 Å². The molecule has 0 radical (unpaired) electrons. The van der Waals surface area contributed by atoms with Crippen LogP contribution >= 0.6 is 11.6 Å². The van der Waals surface area contributed by atoms with Gasteiger partial charge in [0.05, 0.1) is 17.7 Å². The van der Waals surface area contributed by atoms with Crippen molar-refractivity contribution in [1.82, 2.24) is 9.88 Å². The van der Waals surface area contributed by atoms with Crippen LogP contribution in [0.3, 0.4) is 0 Å². The van der Waals surface area contributed by atoms with Crippen LogP contribution in [0.4, 0.5) is 0 Å². The molecule has 0 saturated heterocycles. The number of nitrogens with one attached hydrogen (secondary N) is 1. The topological polar surface area (TPSA) is 86.5 Å². The van der Waals surface area contributed by atoms with Gasteiger partial charge in [0.15, 0.2) is 5.76 Å². The highest BCUT2D eigenvalue weighted by molar-refractivity contribution is 6.31. The molecule has 28 heavy (non-hydrogen) atoms. The van der Waals surface area contributed by atoms with Crippen molar-refractivity contribution < 1.29 is 19.1 Å². The minimum absolute atomic E-state index is 0.229. The Labute approximate surface area is 166 Å². The van der Waals surface area contributed by atoms with Gasteiger partial charge in [-0.1, -0.05) is 18.0 Å². The van der Waals surface area contributed by atoms with Crippen LogP contribution in [0, 0.1) is 5.41 Å². The molecule has 1 aliphatic heterocycles. The van der Waals surface area contributed by atoms with Gasteiger partial charge in [0.25, 0.3) is 5.91 Å². The predicted molar refractivity (Wildman–Crippen MR) is 103 cm³/mol. The van der Waals surface area contributed by atoms with E-state index in [1.807, 2.05) is 18.2 Å². The smallest absolute Gasteiger partial charge is 0.312 e. The van der Waals surface area contributed by atoms with E-state index >= 15 is 0 Å². The number of H-pyrrole nitrogens is 1. The normalized spacial score (nSPS) is 20.6. The van der Waals surface area contributed by atoms with Gasteiger partial charge in [-0.15, -0.1) is 0 Å². The highest BCUT2D eigenvalue weighted by Crippen LogP contribution is 2.55. The third-order valence-corrected chi connectivity index (χ3v) is 6.51. The number of rotatable bonds is 3. The van der Waals surface area contributed by atoms with E-state index < -0.39 is 17.4 Å². The van der Waals surface area contributed by atoms with Gasteiger partial charge in [-0.05, 0) is 55.2 Å². The average molecular weight is 399 g/mol. The summed E-state index contributed by atoms with van der Waals surface area (Å²) in [5.74, 6) is -0.900. The van der Waals surface area contributed by atoms with E-state index in [1.54, 1.807) is 17.0 Å². The number of carbonyl (C=O) groups is 2. The zero-order valence-corrected chi connectivity index (χ0v) is 15.8. The second kappa shape index (κ2) is 6.14. The molecule has 144 valence electrons. The number of fused-ring (bicyclic) bond motifs is 3. The Kier molecular flexibility index (Phi) is 3.81. The lowest BCUT2D eigenvalue weighted by molar-refractivity contribution is -0.161. The van der Waals surface area contributed by atoms with E-state index in [0.29, 0.717) is 30.8 Å². The summed E-state index contributed by atoms with van der Waals surface area (Å²) < 4.78 is 5.32. The molecule has 1 aromatic carbocycles. The average Bonchev–Trinajstić information content (AvgIpc) is 3.28. The molecule has 7 heteroatoms. The lowest BCUT2D eigenvalue weighted by atomic mass is 9.61. The van der Waals surface area contributed by atoms with E-state index in [0.717, 1.165) is 28.6 Å². The minimum atomic E-state index is -0.984. The minimum Gasteiger partial charge on any atom is -0.481 e. The maximum absolute atomic E-state index is 13.2. The van der Waals surface area contributed by atoms with Crippen molar-refractivity contribution >= 4 is 34.4 Å². The second-order valence-corrected chi connectivity index (χ2v) is 8.09. The molecular weight excluding hydrogens is 380 g/mol. The number of aliphatic carboxylic acids is 1. The SMILES string of the molecule is O=C(c1ccco1)N1CCc2c([nH]c3ccc(Cl)cc23)C1C1(C(=O)O)CCC1. The molecule has 0 spiro atoms. The van der Waals surface area contributed by atoms with Crippen molar-refractivity contribution in [1.29, 1.82) is 0 Å². The van der Waals surface area contributed by atoms with Crippen LogP contribution in [0.15, 0.2) is 41.0 Å². The molecule has 2 N–H and O–H groups in total. The molecule has 0 bridgehead atoms. The van der Waals surface area contributed by atoms with E-state index in [4.69, 9.17) is 16.0 Å². The molecule has 3 heterocycles. The number of amides is 1. The maximum Gasteiger partial charge on any atom is 0.312 e. The van der Waals surface area contributed by atoms with Crippen LogP contribution in [0.5, 0.6) is 0 Å². The molecule has 3 aromatic rings. The number of nitrogens with zero attached hydrogens (tertiary/aromatic N) is 1. The number of benzene rings is 1. The number of carboxylic acid groups (broad SMARTS) is 1. The number of hydrogen-bond donors (Lipinski definition) is 2. The third kappa shape index (κ3) is 2.34. The maximum atomic E-state index is 13.2. The van der Waals surface area contributed by atoms with E-state index in [1.165, 1.54) is 6.26 Å². The molecule has 2 aliphatic rings. The Morgan fingerprint density at radius 2 is 2.11 bits per heavy atom. The number of carbonyl (C=O) groups excluding carboxylic acids is 1. The van der Waals surface area contributed by atoms with Crippen LogP contribution < -0.4 is 0 Å². The summed E-state index contributed by atoms with van der Waals surface area (Å²) in [5.41, 5.74) is 1.79. The predicted octanol–water partition coefficient (Wildman–Crippen LogP) is 4.41. The zero-order chi connectivity index (χ0) is 19.5. The van der Waals surface area contributed by atoms with Crippen molar-refractivity contribution in [2.24, 2.45) is 5.41 Å². The van der Waals surface area contributed by atoms with Crippen molar-refractivity contribution in [2.75, 3.05) is 6.54 Å². The number of furan rings is 1. The fourth-order valence-corrected chi connectivity index (χ4v) is 4.93. The zero-order valence-electron chi connectivity index (χ0n) is 15.1. The van der Waals surface area contributed by atoms with E-state index in [-0.39, 0.29) is 11.7 Å². The summed E-state index contributed by atoms with van der Waals surface area (Å²) in [5, 5.41) is 11.7. The Bertz CT molecular complexity index is 1080. The van der Waals surface area contributed by atoms with Crippen molar-refractivity contribution in [2.45, 2.75) is 31.7 Å². The summed E-state index contributed by atoms with van der Waals surface area (Å²) in [6.45, 7) is 0.436. The van der Waals surface area contributed by atoms with Crippen molar-refractivity contribution in [3.05, 3.63) is 58.6 Å². The first-order valence-corrected chi connectivity index (χ1v) is 9.77. The summed E-state index contributed by atoms with van der Waals surface area (Å²) in [6.07, 6.45) is 4.02. The van der Waals surface area contributed by atoms with Gasteiger partial charge in [0.1, 0.15) is 0 Å². The monoisotopic (exact) mass is 398 g/mol. The third-order valence-electron chi connectivity index (χ3n) is 6.28. The molecule has 1 fully saturated rings. The highest BCUT2D eigenvalue weighted by atomic mass is 35.5. The summed E-state index contributed by atoms with van der Waals surface area (Å²) in [6, 6.07) is 8.34. The van der Waals surface area contributed by atoms with Crippen molar-refractivity contribution in [3.63, 3.8) is 0 Å². The van der Waals surface area contributed by atoms with Crippen LogP contribution in [0.1, 0.15) is 47.1 Å².